The van der Waals surface area contributed by atoms with Gasteiger partial charge in [-0.25, -0.2) is 0 Å². The second-order valence-corrected chi connectivity index (χ2v) is 8.78. The number of hydrogen-bond donors (Lipinski definition) is 1. The summed E-state index contributed by atoms with van der Waals surface area (Å²) in [7, 11) is 0. The number of aliphatic imine (C=N–C) groups is 1. The van der Waals surface area contributed by atoms with E-state index in [-0.39, 0.29) is 5.41 Å². The molecule has 1 N–H and O–H groups in total. The highest BCUT2D eigenvalue weighted by Crippen LogP contribution is 2.35. The van der Waals surface area contributed by atoms with Crippen LogP contribution in [-0.2, 0) is 0 Å². The van der Waals surface area contributed by atoms with Crippen LogP contribution in [0, 0.1) is 5.41 Å². The lowest BCUT2D eigenvalue weighted by atomic mass is 9.83. The third-order valence-electron chi connectivity index (χ3n) is 4.84. The van der Waals surface area contributed by atoms with Crippen LogP contribution in [0.15, 0.2) is 51.5 Å². The Hall–Kier alpha value is -1.22. The standard InChI is InChI=1S/C23H38N2S/c1-9-19(21(11-3)26-8)22(20(10-2)23(5,6)7)25-17(4)24-18-15-13-12-14-16-18/h9-11,18H,2,12-16H2,1,3-8H3,(H,24,25)/b19-9+,21-11+,22-20?. The van der Waals surface area contributed by atoms with Crippen molar-refractivity contribution in [1.82, 2.24) is 5.32 Å². The van der Waals surface area contributed by atoms with Gasteiger partial charge in [0, 0.05) is 10.5 Å². The lowest BCUT2D eigenvalue weighted by molar-refractivity contribution is 0.442. The highest BCUT2D eigenvalue weighted by atomic mass is 32.2. The summed E-state index contributed by atoms with van der Waals surface area (Å²) in [6.07, 6.45) is 14.9. The summed E-state index contributed by atoms with van der Waals surface area (Å²) in [5.74, 6) is 1.01. The molecule has 0 atom stereocenters. The second kappa shape index (κ2) is 10.8. The monoisotopic (exact) mass is 374 g/mol. The summed E-state index contributed by atoms with van der Waals surface area (Å²) < 4.78 is 0. The van der Waals surface area contributed by atoms with E-state index in [1.54, 1.807) is 11.8 Å². The van der Waals surface area contributed by atoms with Gasteiger partial charge in [-0.05, 0) is 50.9 Å². The molecular formula is C23H38N2S. The molecule has 2 nitrogen and oxygen atoms in total. The topological polar surface area (TPSA) is 24.4 Å². The van der Waals surface area contributed by atoms with E-state index in [1.165, 1.54) is 48.2 Å². The molecule has 0 saturated heterocycles. The highest BCUT2D eigenvalue weighted by Gasteiger charge is 2.23. The van der Waals surface area contributed by atoms with Crippen LogP contribution in [-0.4, -0.2) is 18.1 Å². The molecule has 0 heterocycles. The molecule has 1 fully saturated rings. The number of nitrogens with zero attached hydrogens (tertiary/aromatic N) is 1. The first-order valence-electron chi connectivity index (χ1n) is 9.84. The SMILES string of the molecule is C=CC(=C(NC(C)=NC1CCCCC1)C(=C/C)/C(=C\C)SC)C(C)(C)C. The van der Waals surface area contributed by atoms with Gasteiger partial charge in [0.1, 0.15) is 0 Å². The Bertz CT molecular complexity index is 594. The molecule has 1 saturated carbocycles. The quantitative estimate of drug-likeness (QED) is 0.307. The summed E-state index contributed by atoms with van der Waals surface area (Å²) in [6.45, 7) is 17.1. The summed E-state index contributed by atoms with van der Waals surface area (Å²) in [5, 5.41) is 3.66. The number of thioether (sulfide) groups is 1. The average Bonchev–Trinajstić information content (AvgIpc) is 2.59. The minimum Gasteiger partial charge on any atom is -0.344 e. The first-order chi connectivity index (χ1) is 12.3. The van der Waals surface area contributed by atoms with Crippen molar-refractivity contribution in [3.8, 4) is 0 Å². The zero-order chi connectivity index (χ0) is 19.7. The third-order valence-corrected chi connectivity index (χ3v) is 5.74. The van der Waals surface area contributed by atoms with Gasteiger partial charge in [0.2, 0.25) is 0 Å². The van der Waals surface area contributed by atoms with Crippen molar-refractivity contribution in [2.45, 2.75) is 79.7 Å². The molecule has 1 aliphatic carbocycles. The molecule has 0 aromatic heterocycles. The van der Waals surface area contributed by atoms with Crippen LogP contribution in [0.25, 0.3) is 0 Å². The normalized spacial score (nSPS) is 19.3. The number of amidine groups is 1. The minimum atomic E-state index is 0.000716. The number of allylic oxidation sites excluding steroid dienone is 5. The Morgan fingerprint density at radius 2 is 1.73 bits per heavy atom. The first kappa shape index (κ1) is 22.8. The maximum Gasteiger partial charge on any atom is 0.0979 e. The Morgan fingerprint density at radius 3 is 2.15 bits per heavy atom. The molecule has 0 unspecified atom stereocenters. The van der Waals surface area contributed by atoms with E-state index < -0.39 is 0 Å². The third kappa shape index (κ3) is 6.50. The fourth-order valence-electron chi connectivity index (χ4n) is 3.55. The zero-order valence-corrected chi connectivity index (χ0v) is 18.7. The van der Waals surface area contributed by atoms with Crippen LogP contribution in [0.1, 0.15) is 73.6 Å². The predicted molar refractivity (Wildman–Crippen MR) is 121 cm³/mol. The van der Waals surface area contributed by atoms with Gasteiger partial charge in [-0.3, -0.25) is 4.99 Å². The number of rotatable bonds is 6. The van der Waals surface area contributed by atoms with Gasteiger partial charge >= 0.3 is 0 Å². The fraction of sp³-hybridized carbons (Fsp3) is 0.609. The lowest BCUT2D eigenvalue weighted by Crippen LogP contribution is -2.28. The Balaban J connectivity index is 3.34. The van der Waals surface area contributed by atoms with Crippen molar-refractivity contribution in [1.29, 1.82) is 0 Å². The van der Waals surface area contributed by atoms with Crippen LogP contribution >= 0.6 is 11.8 Å². The molecule has 0 bridgehead atoms. The average molecular weight is 375 g/mol. The summed E-state index contributed by atoms with van der Waals surface area (Å²) in [5.41, 5.74) is 3.58. The van der Waals surface area contributed by atoms with Gasteiger partial charge in [-0.1, -0.05) is 64.8 Å². The van der Waals surface area contributed by atoms with Crippen molar-refractivity contribution in [2.75, 3.05) is 6.26 Å². The van der Waals surface area contributed by atoms with E-state index in [0.717, 1.165) is 11.5 Å². The van der Waals surface area contributed by atoms with Crippen molar-refractivity contribution in [3.63, 3.8) is 0 Å². The van der Waals surface area contributed by atoms with Crippen LogP contribution in [0.5, 0.6) is 0 Å². The molecule has 3 heteroatoms. The molecule has 0 spiro atoms. The van der Waals surface area contributed by atoms with E-state index in [1.807, 2.05) is 6.08 Å². The predicted octanol–water partition coefficient (Wildman–Crippen LogP) is 7.03. The molecule has 1 rings (SSSR count). The van der Waals surface area contributed by atoms with E-state index in [9.17, 15) is 0 Å². The fourth-order valence-corrected chi connectivity index (χ4v) is 4.23. The molecule has 1 aliphatic rings. The summed E-state index contributed by atoms with van der Waals surface area (Å²) >= 11 is 1.78. The Morgan fingerprint density at radius 1 is 1.12 bits per heavy atom. The minimum absolute atomic E-state index is 0.000716. The smallest absolute Gasteiger partial charge is 0.0979 e. The molecule has 0 radical (unpaired) electrons. The summed E-state index contributed by atoms with van der Waals surface area (Å²) in [4.78, 5) is 6.25. The molecular weight excluding hydrogens is 336 g/mol. The van der Waals surface area contributed by atoms with E-state index in [4.69, 9.17) is 4.99 Å². The van der Waals surface area contributed by atoms with Crippen LogP contribution in [0.4, 0.5) is 0 Å². The first-order valence-corrected chi connectivity index (χ1v) is 11.1. The van der Waals surface area contributed by atoms with E-state index in [0.29, 0.717) is 6.04 Å². The van der Waals surface area contributed by atoms with Gasteiger partial charge in [-0.2, -0.15) is 0 Å². The lowest BCUT2D eigenvalue weighted by Gasteiger charge is -2.28. The van der Waals surface area contributed by atoms with Crippen LogP contribution in [0.2, 0.25) is 0 Å². The maximum absolute atomic E-state index is 4.99. The van der Waals surface area contributed by atoms with Crippen molar-refractivity contribution >= 4 is 17.6 Å². The van der Waals surface area contributed by atoms with Crippen LogP contribution < -0.4 is 5.32 Å². The molecule has 0 aromatic carbocycles. The van der Waals surface area contributed by atoms with Crippen molar-refractivity contribution in [2.24, 2.45) is 10.4 Å². The van der Waals surface area contributed by atoms with Gasteiger partial charge in [-0.15, -0.1) is 11.8 Å². The van der Waals surface area contributed by atoms with Crippen LogP contribution in [0.3, 0.4) is 0 Å². The molecule has 0 amide bonds. The van der Waals surface area contributed by atoms with Gasteiger partial charge < -0.3 is 5.32 Å². The number of hydrogen-bond acceptors (Lipinski definition) is 2. The Labute approximate surface area is 166 Å². The van der Waals surface area contributed by atoms with Gasteiger partial charge in [0.15, 0.2) is 0 Å². The van der Waals surface area contributed by atoms with Crippen molar-refractivity contribution < 1.29 is 0 Å². The van der Waals surface area contributed by atoms with Crippen molar-refractivity contribution in [3.05, 3.63) is 46.6 Å². The molecule has 0 aliphatic heterocycles. The zero-order valence-electron chi connectivity index (χ0n) is 17.9. The van der Waals surface area contributed by atoms with E-state index in [2.05, 4.69) is 71.8 Å². The molecule has 26 heavy (non-hydrogen) atoms. The second-order valence-electron chi connectivity index (χ2n) is 7.93. The molecule has 146 valence electrons. The largest absolute Gasteiger partial charge is 0.344 e. The number of nitrogens with one attached hydrogen (secondary N) is 1. The highest BCUT2D eigenvalue weighted by molar-refractivity contribution is 8.02. The van der Waals surface area contributed by atoms with Gasteiger partial charge in [0.05, 0.1) is 17.6 Å². The Kier molecular flexibility index (Phi) is 9.49. The maximum atomic E-state index is 4.99. The van der Waals surface area contributed by atoms with Gasteiger partial charge in [0.25, 0.3) is 0 Å². The van der Waals surface area contributed by atoms with E-state index >= 15 is 0 Å². The summed E-state index contributed by atoms with van der Waals surface area (Å²) in [6, 6.07) is 0.468. The molecule has 0 aromatic rings.